The summed E-state index contributed by atoms with van der Waals surface area (Å²) in [5, 5.41) is 7.11. The number of carbonyl (C=O) groups excluding carboxylic acids is 2. The van der Waals surface area contributed by atoms with Crippen molar-refractivity contribution < 1.29 is 18.4 Å². The first-order valence-electron chi connectivity index (χ1n) is 21.7. The molecule has 8 aromatic carbocycles. The third-order valence-corrected chi connectivity index (χ3v) is 20.4. The molecule has 0 radical (unpaired) electrons. The van der Waals surface area contributed by atoms with Gasteiger partial charge in [0.1, 0.15) is 0 Å². The number of rotatable bonds is 17. The zero-order valence-corrected chi connectivity index (χ0v) is 37.1. The summed E-state index contributed by atoms with van der Waals surface area (Å²) in [4.78, 5) is 29.1. The van der Waals surface area contributed by atoms with Crippen molar-refractivity contribution in [2.24, 2.45) is 5.92 Å². The molecular formula is C56H49NO4Si2. The van der Waals surface area contributed by atoms with Crippen LogP contribution in [0.2, 0.25) is 0 Å². The van der Waals surface area contributed by atoms with Gasteiger partial charge < -0.3 is 13.8 Å². The Morgan fingerprint density at radius 2 is 0.651 bits per heavy atom. The average molecular weight is 856 g/mol. The van der Waals surface area contributed by atoms with E-state index in [2.05, 4.69) is 211 Å². The second-order valence-electron chi connectivity index (χ2n) is 15.9. The largest absolute Gasteiger partial charge is 0.402 e. The summed E-state index contributed by atoms with van der Waals surface area (Å²) in [5.74, 6) is -0.895. The minimum atomic E-state index is -2.97. The molecule has 310 valence electrons. The van der Waals surface area contributed by atoms with E-state index in [1.807, 2.05) is 12.1 Å². The zero-order chi connectivity index (χ0) is 42.9. The Kier molecular flexibility index (Phi) is 12.6. The normalized spacial score (nSPS) is 12.9. The number of Topliss-reactive ketones (excluding diaryl/α,β-unsaturated/α-hetero) is 2. The molecular weight excluding hydrogens is 807 g/mol. The van der Waals surface area contributed by atoms with Crippen molar-refractivity contribution in [2.45, 2.75) is 6.42 Å². The summed E-state index contributed by atoms with van der Waals surface area (Å²) in [6.07, 6.45) is 0.359. The van der Waals surface area contributed by atoms with Crippen molar-refractivity contribution in [3.8, 4) is 0 Å². The van der Waals surface area contributed by atoms with Crippen LogP contribution in [0.5, 0.6) is 0 Å². The molecule has 63 heavy (non-hydrogen) atoms. The Labute approximate surface area is 372 Å². The van der Waals surface area contributed by atoms with Gasteiger partial charge in [-0.1, -0.05) is 218 Å². The highest BCUT2D eigenvalue weighted by molar-refractivity contribution is 7.07. The lowest BCUT2D eigenvalue weighted by Gasteiger charge is -2.36. The lowest BCUT2D eigenvalue weighted by Crippen LogP contribution is -2.70. The van der Waals surface area contributed by atoms with Crippen LogP contribution >= 0.6 is 0 Å². The van der Waals surface area contributed by atoms with Crippen LogP contribution in [-0.4, -0.2) is 54.5 Å². The van der Waals surface area contributed by atoms with E-state index in [4.69, 9.17) is 8.85 Å². The van der Waals surface area contributed by atoms with Gasteiger partial charge in [-0.3, -0.25) is 9.59 Å². The van der Waals surface area contributed by atoms with Gasteiger partial charge in [0.05, 0.1) is 19.1 Å². The molecule has 1 aliphatic rings. The van der Waals surface area contributed by atoms with E-state index in [-0.39, 0.29) is 11.6 Å². The summed E-state index contributed by atoms with van der Waals surface area (Å²) in [7, 11) is -5.94. The van der Waals surface area contributed by atoms with Gasteiger partial charge in [0.15, 0.2) is 11.6 Å². The van der Waals surface area contributed by atoms with Crippen LogP contribution in [0.15, 0.2) is 231 Å². The fourth-order valence-corrected chi connectivity index (χ4v) is 17.0. The Morgan fingerprint density at radius 1 is 0.365 bits per heavy atom. The van der Waals surface area contributed by atoms with Crippen molar-refractivity contribution >= 4 is 65.0 Å². The molecule has 0 unspecified atom stereocenters. The fraction of sp³-hybridized carbons (Fsp3) is 0.107. The minimum Gasteiger partial charge on any atom is -0.402 e. The molecule has 0 N–H and O–H groups in total. The van der Waals surface area contributed by atoms with E-state index < -0.39 is 22.6 Å². The summed E-state index contributed by atoms with van der Waals surface area (Å²) >= 11 is 0. The van der Waals surface area contributed by atoms with Crippen molar-refractivity contribution in [3.63, 3.8) is 0 Å². The minimum absolute atomic E-state index is 0.0959. The molecule has 0 spiro atoms. The molecule has 1 aliphatic carbocycles. The van der Waals surface area contributed by atoms with E-state index in [1.54, 1.807) is 12.1 Å². The van der Waals surface area contributed by atoms with Crippen LogP contribution in [0, 0.1) is 5.92 Å². The molecule has 0 aromatic heterocycles. The van der Waals surface area contributed by atoms with E-state index in [0.29, 0.717) is 43.9 Å². The first kappa shape index (κ1) is 41.6. The first-order chi connectivity index (χ1) is 31.1. The highest BCUT2D eigenvalue weighted by Crippen LogP contribution is 2.30. The van der Waals surface area contributed by atoms with Gasteiger partial charge >= 0.3 is 0 Å². The average Bonchev–Trinajstić information content (AvgIpc) is 3.60. The number of hydrogen-bond acceptors (Lipinski definition) is 5. The summed E-state index contributed by atoms with van der Waals surface area (Å²) in [6, 6.07) is 79.5. The van der Waals surface area contributed by atoms with E-state index in [9.17, 15) is 9.59 Å². The molecule has 0 aliphatic heterocycles. The lowest BCUT2D eigenvalue weighted by atomic mass is 9.95. The molecule has 7 heteroatoms. The lowest BCUT2D eigenvalue weighted by molar-refractivity contribution is 0.0838. The Bertz CT molecular complexity index is 2380. The molecule has 0 heterocycles. The Balaban J connectivity index is 1.05. The van der Waals surface area contributed by atoms with E-state index in [0.717, 1.165) is 11.3 Å². The van der Waals surface area contributed by atoms with Gasteiger partial charge in [-0.05, 0) is 55.2 Å². The predicted molar refractivity (Wildman–Crippen MR) is 261 cm³/mol. The standard InChI is InChI=1S/C56H49NO4Si2/c58-55-52-33-19-20-34-53(52)56(59)54(55)43-44-35-37-45(38-36-44)57(39-41-60-62(46-21-7-1-8-22-46,47-23-9-2-10-24-47)48-25-11-3-12-26-48)40-42-61-63(49-27-13-4-14-28-49,50-29-15-5-16-30-50)51-31-17-6-18-32-51/h1-38,54H,39-43H2. The number of carbonyl (C=O) groups is 2. The van der Waals surface area contributed by atoms with Crippen molar-refractivity contribution in [2.75, 3.05) is 31.2 Å². The quantitative estimate of drug-likeness (QED) is 0.0557. The predicted octanol–water partition coefficient (Wildman–Crippen LogP) is 7.10. The molecule has 5 nitrogen and oxygen atoms in total. The van der Waals surface area contributed by atoms with Crippen LogP contribution < -0.4 is 36.0 Å². The highest BCUT2D eigenvalue weighted by Gasteiger charge is 2.43. The monoisotopic (exact) mass is 855 g/mol. The maximum atomic E-state index is 13.3. The Hall–Kier alpha value is -6.75. The molecule has 8 aromatic rings. The van der Waals surface area contributed by atoms with Gasteiger partial charge in [-0.15, -0.1) is 0 Å². The van der Waals surface area contributed by atoms with Crippen LogP contribution in [0.1, 0.15) is 26.3 Å². The molecule has 0 atom stereocenters. The van der Waals surface area contributed by atoms with Gasteiger partial charge in [-0.25, -0.2) is 0 Å². The molecule has 0 amide bonds. The summed E-state index contributed by atoms with van der Waals surface area (Å²) in [5.41, 5.74) is 3.00. The number of fused-ring (bicyclic) bond motifs is 1. The number of ketones is 2. The van der Waals surface area contributed by atoms with Crippen LogP contribution in [0.4, 0.5) is 5.69 Å². The van der Waals surface area contributed by atoms with Crippen molar-refractivity contribution in [3.05, 3.63) is 247 Å². The van der Waals surface area contributed by atoms with E-state index in [1.165, 1.54) is 31.1 Å². The third-order valence-electron chi connectivity index (χ3n) is 12.3. The number of benzene rings is 8. The molecule has 0 saturated carbocycles. The van der Waals surface area contributed by atoms with Gasteiger partial charge in [0, 0.05) is 29.9 Å². The van der Waals surface area contributed by atoms with Gasteiger partial charge in [-0.2, -0.15) is 0 Å². The third kappa shape index (κ3) is 8.44. The maximum absolute atomic E-state index is 13.3. The number of nitrogens with zero attached hydrogens (tertiary/aromatic N) is 1. The number of hydrogen-bond donors (Lipinski definition) is 0. The Morgan fingerprint density at radius 3 is 0.952 bits per heavy atom. The second-order valence-corrected chi connectivity index (χ2v) is 22.7. The molecule has 0 fully saturated rings. The van der Waals surface area contributed by atoms with Crippen LogP contribution in [-0.2, 0) is 15.3 Å². The summed E-state index contributed by atoms with van der Waals surface area (Å²) in [6.45, 7) is 2.09. The first-order valence-corrected chi connectivity index (χ1v) is 25.5. The molecule has 0 bridgehead atoms. The molecule has 9 rings (SSSR count). The maximum Gasteiger partial charge on any atom is 0.288 e. The fourth-order valence-electron chi connectivity index (χ4n) is 9.20. The zero-order valence-electron chi connectivity index (χ0n) is 35.1. The smallest absolute Gasteiger partial charge is 0.288 e. The van der Waals surface area contributed by atoms with Crippen molar-refractivity contribution in [1.29, 1.82) is 0 Å². The van der Waals surface area contributed by atoms with Gasteiger partial charge in [0.2, 0.25) is 0 Å². The van der Waals surface area contributed by atoms with Crippen LogP contribution in [0.25, 0.3) is 0 Å². The number of anilines is 1. The highest BCUT2D eigenvalue weighted by atomic mass is 28.4. The van der Waals surface area contributed by atoms with E-state index >= 15 is 0 Å². The van der Waals surface area contributed by atoms with Crippen LogP contribution in [0.3, 0.4) is 0 Å². The summed E-state index contributed by atoms with van der Waals surface area (Å²) < 4.78 is 14.9. The SMILES string of the molecule is O=C1c2ccccc2C(=O)C1Cc1ccc(N(CCO[Si](c2ccccc2)(c2ccccc2)c2ccccc2)CCO[Si](c2ccccc2)(c2ccccc2)c2ccccc2)cc1. The van der Waals surface area contributed by atoms with Crippen molar-refractivity contribution in [1.82, 2.24) is 0 Å². The van der Waals surface area contributed by atoms with Gasteiger partial charge in [0.25, 0.3) is 16.6 Å². The molecule has 0 saturated heterocycles. The topological polar surface area (TPSA) is 55.8 Å². The second kappa shape index (κ2) is 19.1.